The maximum atomic E-state index is 8.74. The summed E-state index contributed by atoms with van der Waals surface area (Å²) in [5.74, 6) is 1.04. The van der Waals surface area contributed by atoms with E-state index in [1.165, 1.54) is 11.1 Å². The first-order chi connectivity index (χ1) is 9.79. The van der Waals surface area contributed by atoms with Crippen LogP contribution >= 0.6 is 0 Å². The molecule has 1 rings (SSSR count). The zero-order valence-corrected chi connectivity index (χ0v) is 13.0. The summed E-state index contributed by atoms with van der Waals surface area (Å²) in [6.07, 6.45) is 5.30. The molecule has 0 bridgehead atoms. The molecule has 0 aromatic heterocycles. The summed E-state index contributed by atoms with van der Waals surface area (Å²) in [5.41, 5.74) is 2.45. The molecule has 0 amide bonds. The average Bonchev–Trinajstić information content (AvgIpc) is 2.45. The molecule has 0 aliphatic carbocycles. The normalized spacial score (nSPS) is 10.8. The lowest BCUT2D eigenvalue weighted by Crippen LogP contribution is -2.15. The van der Waals surface area contributed by atoms with Gasteiger partial charge in [-0.1, -0.05) is 31.5 Å². The number of hydrogen-bond donors (Lipinski definition) is 2. The van der Waals surface area contributed by atoms with Crippen LogP contribution in [0.1, 0.15) is 50.2 Å². The number of unbranched alkanes of at least 4 members (excludes halogenated alkanes) is 3. The molecule has 0 unspecified atom stereocenters. The first-order valence-electron chi connectivity index (χ1n) is 7.82. The van der Waals surface area contributed by atoms with Gasteiger partial charge in [-0.2, -0.15) is 0 Å². The Bertz CT molecular complexity index is 366. The van der Waals surface area contributed by atoms with Gasteiger partial charge in [-0.05, 0) is 44.7 Å². The third-order valence-corrected chi connectivity index (χ3v) is 3.33. The highest BCUT2D eigenvalue weighted by Crippen LogP contribution is 2.23. The van der Waals surface area contributed by atoms with Gasteiger partial charge in [-0.25, -0.2) is 0 Å². The van der Waals surface area contributed by atoms with Crippen molar-refractivity contribution in [1.82, 2.24) is 5.32 Å². The summed E-state index contributed by atoms with van der Waals surface area (Å²) in [5, 5.41) is 12.2. The summed E-state index contributed by atoms with van der Waals surface area (Å²) >= 11 is 0. The van der Waals surface area contributed by atoms with E-state index in [4.69, 9.17) is 9.84 Å². The second kappa shape index (κ2) is 10.7. The van der Waals surface area contributed by atoms with Crippen LogP contribution in [-0.4, -0.2) is 24.9 Å². The first-order valence-corrected chi connectivity index (χ1v) is 7.82. The van der Waals surface area contributed by atoms with Gasteiger partial charge in [-0.3, -0.25) is 0 Å². The van der Waals surface area contributed by atoms with E-state index in [2.05, 4.69) is 37.4 Å². The van der Waals surface area contributed by atoms with E-state index < -0.39 is 0 Å². The van der Waals surface area contributed by atoms with Crippen molar-refractivity contribution in [2.24, 2.45) is 0 Å². The van der Waals surface area contributed by atoms with Crippen LogP contribution in [0.2, 0.25) is 0 Å². The van der Waals surface area contributed by atoms with Crippen LogP contribution in [0.15, 0.2) is 18.2 Å². The molecule has 0 spiro atoms. The molecule has 3 nitrogen and oxygen atoms in total. The second-order valence-corrected chi connectivity index (χ2v) is 5.23. The Kier molecular flexibility index (Phi) is 9.09. The topological polar surface area (TPSA) is 41.5 Å². The van der Waals surface area contributed by atoms with E-state index in [1.54, 1.807) is 0 Å². The zero-order chi connectivity index (χ0) is 14.6. The minimum atomic E-state index is 0.298. The van der Waals surface area contributed by atoms with Crippen LogP contribution in [0.25, 0.3) is 0 Å². The summed E-state index contributed by atoms with van der Waals surface area (Å²) in [6.45, 7) is 7.24. The fourth-order valence-electron chi connectivity index (χ4n) is 2.20. The van der Waals surface area contributed by atoms with Gasteiger partial charge in [0, 0.05) is 18.7 Å². The molecular formula is C17H29NO2. The van der Waals surface area contributed by atoms with Crippen LogP contribution in [0, 0.1) is 6.92 Å². The van der Waals surface area contributed by atoms with Crippen LogP contribution in [0.4, 0.5) is 0 Å². The van der Waals surface area contributed by atoms with Crippen molar-refractivity contribution in [3.63, 3.8) is 0 Å². The molecule has 20 heavy (non-hydrogen) atoms. The second-order valence-electron chi connectivity index (χ2n) is 5.23. The van der Waals surface area contributed by atoms with Crippen molar-refractivity contribution in [2.75, 3.05) is 19.8 Å². The maximum Gasteiger partial charge on any atom is 0.126 e. The molecule has 1 aromatic rings. The van der Waals surface area contributed by atoms with E-state index in [0.717, 1.165) is 57.6 Å². The number of nitrogens with one attached hydrogen (secondary N) is 1. The maximum absolute atomic E-state index is 8.74. The molecule has 2 N–H and O–H groups in total. The molecule has 0 heterocycles. The van der Waals surface area contributed by atoms with Gasteiger partial charge in [0.05, 0.1) is 6.61 Å². The fraction of sp³-hybridized carbons (Fsp3) is 0.647. The molecule has 0 saturated carbocycles. The highest BCUT2D eigenvalue weighted by atomic mass is 16.5. The largest absolute Gasteiger partial charge is 0.493 e. The SMILES string of the molecule is CCCNCc1cccc(C)c1OCCCCCCO. The Balaban J connectivity index is 2.41. The van der Waals surface area contributed by atoms with Gasteiger partial charge >= 0.3 is 0 Å². The number of ether oxygens (including phenoxy) is 1. The van der Waals surface area contributed by atoms with Crippen LogP contribution in [-0.2, 0) is 6.54 Å². The highest BCUT2D eigenvalue weighted by molar-refractivity contribution is 5.40. The highest BCUT2D eigenvalue weighted by Gasteiger charge is 2.06. The Hall–Kier alpha value is -1.06. The van der Waals surface area contributed by atoms with Crippen molar-refractivity contribution >= 4 is 0 Å². The third kappa shape index (κ3) is 6.40. The van der Waals surface area contributed by atoms with E-state index in [-0.39, 0.29) is 0 Å². The summed E-state index contributed by atoms with van der Waals surface area (Å²) in [7, 11) is 0. The Morgan fingerprint density at radius 2 is 1.95 bits per heavy atom. The lowest BCUT2D eigenvalue weighted by atomic mass is 10.1. The minimum Gasteiger partial charge on any atom is -0.493 e. The molecule has 1 aromatic carbocycles. The van der Waals surface area contributed by atoms with E-state index >= 15 is 0 Å². The zero-order valence-electron chi connectivity index (χ0n) is 13.0. The predicted octanol–water partition coefficient (Wildman–Crippen LogP) is 3.43. The Morgan fingerprint density at radius 1 is 1.15 bits per heavy atom. The lowest BCUT2D eigenvalue weighted by molar-refractivity contribution is 0.272. The quantitative estimate of drug-likeness (QED) is 0.610. The average molecular weight is 279 g/mol. The molecule has 0 fully saturated rings. The van der Waals surface area contributed by atoms with Crippen molar-refractivity contribution in [3.05, 3.63) is 29.3 Å². The monoisotopic (exact) mass is 279 g/mol. The van der Waals surface area contributed by atoms with Crippen molar-refractivity contribution in [2.45, 2.75) is 52.5 Å². The molecule has 0 atom stereocenters. The van der Waals surface area contributed by atoms with Crippen LogP contribution < -0.4 is 10.1 Å². The summed E-state index contributed by atoms with van der Waals surface area (Å²) in [6, 6.07) is 6.33. The molecule has 114 valence electrons. The van der Waals surface area contributed by atoms with E-state index in [1.807, 2.05) is 0 Å². The van der Waals surface area contributed by atoms with Gasteiger partial charge < -0.3 is 15.2 Å². The molecule has 0 radical (unpaired) electrons. The fourth-order valence-corrected chi connectivity index (χ4v) is 2.20. The molecule has 0 aliphatic heterocycles. The number of rotatable bonds is 11. The number of aliphatic hydroxyl groups excluding tert-OH is 1. The van der Waals surface area contributed by atoms with Crippen molar-refractivity contribution < 1.29 is 9.84 Å². The number of aryl methyl sites for hydroxylation is 1. The Morgan fingerprint density at radius 3 is 2.70 bits per heavy atom. The van der Waals surface area contributed by atoms with Crippen LogP contribution in [0.5, 0.6) is 5.75 Å². The molecular weight excluding hydrogens is 250 g/mol. The summed E-state index contributed by atoms with van der Waals surface area (Å²) < 4.78 is 5.98. The number of hydrogen-bond acceptors (Lipinski definition) is 3. The van der Waals surface area contributed by atoms with Crippen molar-refractivity contribution in [3.8, 4) is 5.75 Å². The number of benzene rings is 1. The van der Waals surface area contributed by atoms with Gasteiger partial charge in [0.25, 0.3) is 0 Å². The third-order valence-electron chi connectivity index (χ3n) is 3.33. The smallest absolute Gasteiger partial charge is 0.126 e. The lowest BCUT2D eigenvalue weighted by Gasteiger charge is -2.14. The number of aliphatic hydroxyl groups is 1. The first kappa shape index (κ1) is 17.0. The molecule has 0 aliphatic rings. The molecule has 0 saturated heterocycles. The standard InChI is InChI=1S/C17H29NO2/c1-3-11-18-14-16-10-8-9-15(2)17(16)20-13-7-5-4-6-12-19/h8-10,18-19H,3-7,11-14H2,1-2H3. The number of para-hydroxylation sites is 1. The molecule has 3 heteroatoms. The van der Waals surface area contributed by atoms with Crippen LogP contribution in [0.3, 0.4) is 0 Å². The predicted molar refractivity (Wildman–Crippen MR) is 84.2 cm³/mol. The van der Waals surface area contributed by atoms with Gasteiger partial charge in [0.2, 0.25) is 0 Å². The van der Waals surface area contributed by atoms with Gasteiger partial charge in [-0.15, -0.1) is 0 Å². The Labute approximate surface area is 123 Å². The summed E-state index contributed by atoms with van der Waals surface area (Å²) in [4.78, 5) is 0. The van der Waals surface area contributed by atoms with Crippen molar-refractivity contribution in [1.29, 1.82) is 0 Å². The van der Waals surface area contributed by atoms with E-state index in [9.17, 15) is 0 Å². The van der Waals surface area contributed by atoms with E-state index in [0.29, 0.717) is 6.61 Å². The minimum absolute atomic E-state index is 0.298. The van der Waals surface area contributed by atoms with Gasteiger partial charge in [0.15, 0.2) is 0 Å². The van der Waals surface area contributed by atoms with Gasteiger partial charge in [0.1, 0.15) is 5.75 Å².